The van der Waals surface area contributed by atoms with E-state index in [1.807, 2.05) is 0 Å². The third kappa shape index (κ3) is 3.06. The molecule has 4 nitrogen and oxygen atoms in total. The Balaban J connectivity index is 2.88. The summed E-state index contributed by atoms with van der Waals surface area (Å²) in [6, 6.07) is 5.31. The molecule has 0 spiro atoms. The van der Waals surface area contributed by atoms with E-state index in [1.165, 1.54) is 11.8 Å². The highest BCUT2D eigenvalue weighted by molar-refractivity contribution is 8.00. The van der Waals surface area contributed by atoms with Crippen LogP contribution in [0.2, 0.25) is 0 Å². The van der Waals surface area contributed by atoms with Crippen molar-refractivity contribution in [1.82, 2.24) is 0 Å². The Morgan fingerprint density at radius 3 is 2.73 bits per heavy atom. The van der Waals surface area contributed by atoms with Gasteiger partial charge in [0.1, 0.15) is 5.75 Å². The van der Waals surface area contributed by atoms with Gasteiger partial charge in [-0.3, -0.25) is 4.79 Å². The number of thioether (sulfide) groups is 1. The van der Waals surface area contributed by atoms with Gasteiger partial charge in [0.25, 0.3) is 0 Å². The lowest BCUT2D eigenvalue weighted by Crippen LogP contribution is -2.22. The fourth-order valence-corrected chi connectivity index (χ4v) is 1.88. The van der Waals surface area contributed by atoms with Crippen molar-refractivity contribution in [3.63, 3.8) is 0 Å². The summed E-state index contributed by atoms with van der Waals surface area (Å²) < 4.78 is 5.07. The molecule has 0 radical (unpaired) electrons. The van der Waals surface area contributed by atoms with Crippen LogP contribution in [0, 0.1) is 0 Å². The zero-order valence-corrected chi connectivity index (χ0v) is 9.51. The second-order valence-electron chi connectivity index (χ2n) is 3.07. The number of hydrogen-bond acceptors (Lipinski definition) is 4. The summed E-state index contributed by atoms with van der Waals surface area (Å²) in [5.74, 6) is 0.352. The number of methoxy groups -OCH3 is 1. The van der Waals surface area contributed by atoms with E-state index in [0.717, 1.165) is 4.90 Å². The van der Waals surface area contributed by atoms with Crippen LogP contribution >= 0.6 is 11.8 Å². The van der Waals surface area contributed by atoms with Crippen LogP contribution in [-0.4, -0.2) is 18.3 Å². The maximum Gasteiger partial charge on any atom is 0.230 e. The van der Waals surface area contributed by atoms with E-state index in [2.05, 4.69) is 0 Å². The molecule has 5 heteroatoms. The average molecular weight is 226 g/mol. The average Bonchev–Trinajstić information content (AvgIpc) is 2.21. The predicted molar refractivity (Wildman–Crippen MR) is 61.9 cm³/mol. The summed E-state index contributed by atoms with van der Waals surface area (Å²) >= 11 is 1.33. The van der Waals surface area contributed by atoms with E-state index in [1.54, 1.807) is 32.2 Å². The second-order valence-corrected chi connectivity index (χ2v) is 4.45. The summed E-state index contributed by atoms with van der Waals surface area (Å²) in [6.07, 6.45) is 0. The first kappa shape index (κ1) is 11.7. The van der Waals surface area contributed by atoms with Gasteiger partial charge in [0.05, 0.1) is 12.4 Å². The SMILES string of the molecule is COc1ccc(N)c(SC(C)C(N)=O)c1. The first-order chi connectivity index (χ1) is 7.04. The van der Waals surface area contributed by atoms with Crippen LogP contribution in [-0.2, 0) is 4.79 Å². The number of ether oxygens (including phenoxy) is 1. The van der Waals surface area contributed by atoms with Crippen molar-refractivity contribution in [1.29, 1.82) is 0 Å². The Hall–Kier alpha value is -1.36. The van der Waals surface area contributed by atoms with Crippen molar-refractivity contribution in [3.8, 4) is 5.75 Å². The fraction of sp³-hybridized carbons (Fsp3) is 0.300. The molecule has 1 rings (SSSR count). The quantitative estimate of drug-likeness (QED) is 0.598. The highest BCUT2D eigenvalue weighted by Gasteiger charge is 2.12. The molecule has 1 aromatic rings. The van der Waals surface area contributed by atoms with Crippen molar-refractivity contribution in [2.24, 2.45) is 5.73 Å². The van der Waals surface area contributed by atoms with Crippen LogP contribution in [0.3, 0.4) is 0 Å². The molecule has 1 aromatic carbocycles. The molecule has 0 saturated heterocycles. The first-order valence-corrected chi connectivity index (χ1v) is 5.32. The summed E-state index contributed by atoms with van der Waals surface area (Å²) in [7, 11) is 1.58. The first-order valence-electron chi connectivity index (χ1n) is 4.44. The smallest absolute Gasteiger partial charge is 0.230 e. The minimum atomic E-state index is -0.359. The lowest BCUT2D eigenvalue weighted by Gasteiger charge is -2.10. The second kappa shape index (κ2) is 4.93. The van der Waals surface area contributed by atoms with E-state index in [-0.39, 0.29) is 11.2 Å². The number of carbonyl (C=O) groups excluding carboxylic acids is 1. The number of amides is 1. The summed E-state index contributed by atoms with van der Waals surface area (Å²) in [4.78, 5) is 11.7. The molecule has 0 aliphatic heterocycles. The molecule has 0 aliphatic carbocycles. The molecule has 1 amide bonds. The summed E-state index contributed by atoms with van der Waals surface area (Å²) in [6.45, 7) is 1.74. The van der Waals surface area contributed by atoms with Gasteiger partial charge in [-0.15, -0.1) is 11.8 Å². The molecule has 0 bridgehead atoms. The lowest BCUT2D eigenvalue weighted by atomic mass is 10.3. The van der Waals surface area contributed by atoms with Gasteiger partial charge >= 0.3 is 0 Å². The van der Waals surface area contributed by atoms with Crippen molar-refractivity contribution in [2.45, 2.75) is 17.1 Å². The fourth-order valence-electron chi connectivity index (χ4n) is 0.992. The lowest BCUT2D eigenvalue weighted by molar-refractivity contribution is -0.117. The molecule has 0 heterocycles. The molecular weight excluding hydrogens is 212 g/mol. The van der Waals surface area contributed by atoms with Gasteiger partial charge in [-0.1, -0.05) is 0 Å². The van der Waals surface area contributed by atoms with E-state index >= 15 is 0 Å². The van der Waals surface area contributed by atoms with Crippen molar-refractivity contribution in [3.05, 3.63) is 18.2 Å². The standard InChI is InChI=1S/C10H14N2O2S/c1-6(10(12)13)15-9-5-7(14-2)3-4-8(9)11/h3-6H,11H2,1-2H3,(H2,12,13). The maximum absolute atomic E-state index is 10.9. The molecule has 4 N–H and O–H groups in total. The van der Waals surface area contributed by atoms with E-state index in [4.69, 9.17) is 16.2 Å². The number of hydrogen-bond donors (Lipinski definition) is 2. The third-order valence-electron chi connectivity index (χ3n) is 1.93. The zero-order chi connectivity index (χ0) is 11.4. The van der Waals surface area contributed by atoms with Gasteiger partial charge in [-0.25, -0.2) is 0 Å². The van der Waals surface area contributed by atoms with E-state index in [9.17, 15) is 4.79 Å². The number of nitrogens with two attached hydrogens (primary N) is 2. The topological polar surface area (TPSA) is 78.3 Å². The Bertz CT molecular complexity index is 368. The number of rotatable bonds is 4. The largest absolute Gasteiger partial charge is 0.497 e. The number of anilines is 1. The van der Waals surface area contributed by atoms with Crippen molar-refractivity contribution in [2.75, 3.05) is 12.8 Å². The van der Waals surface area contributed by atoms with Gasteiger partial charge in [0.15, 0.2) is 0 Å². The van der Waals surface area contributed by atoms with Gasteiger partial charge in [0.2, 0.25) is 5.91 Å². The number of carbonyl (C=O) groups is 1. The third-order valence-corrected chi connectivity index (χ3v) is 3.12. The highest BCUT2D eigenvalue weighted by atomic mass is 32.2. The monoisotopic (exact) mass is 226 g/mol. The van der Waals surface area contributed by atoms with Gasteiger partial charge in [-0.05, 0) is 25.1 Å². The Morgan fingerprint density at radius 1 is 1.53 bits per heavy atom. The number of nitrogen functional groups attached to an aromatic ring is 1. The Labute approximate surface area is 93.0 Å². The normalized spacial score (nSPS) is 12.1. The zero-order valence-electron chi connectivity index (χ0n) is 8.69. The molecule has 0 fully saturated rings. The molecule has 1 atom stereocenters. The minimum Gasteiger partial charge on any atom is -0.497 e. The van der Waals surface area contributed by atoms with Gasteiger partial charge < -0.3 is 16.2 Å². The highest BCUT2D eigenvalue weighted by Crippen LogP contribution is 2.31. The van der Waals surface area contributed by atoms with Crippen LogP contribution in [0.1, 0.15) is 6.92 Å². The molecule has 15 heavy (non-hydrogen) atoms. The van der Waals surface area contributed by atoms with Crippen molar-refractivity contribution < 1.29 is 9.53 Å². The van der Waals surface area contributed by atoms with Crippen LogP contribution in [0.5, 0.6) is 5.75 Å². The molecule has 1 unspecified atom stereocenters. The molecule has 0 aromatic heterocycles. The van der Waals surface area contributed by atoms with Crippen LogP contribution in [0.25, 0.3) is 0 Å². The van der Waals surface area contributed by atoms with Gasteiger partial charge in [-0.2, -0.15) is 0 Å². The molecule has 0 saturated carbocycles. The summed E-state index contributed by atoms with van der Waals surface area (Å²) in [5, 5.41) is -0.306. The minimum absolute atomic E-state index is 0.306. The number of primary amides is 1. The summed E-state index contributed by atoms with van der Waals surface area (Å²) in [5.41, 5.74) is 11.6. The molecule has 82 valence electrons. The van der Waals surface area contributed by atoms with E-state index < -0.39 is 0 Å². The molecular formula is C10H14N2O2S. The van der Waals surface area contributed by atoms with Crippen LogP contribution < -0.4 is 16.2 Å². The maximum atomic E-state index is 10.9. The Morgan fingerprint density at radius 2 is 2.20 bits per heavy atom. The predicted octanol–water partition coefficient (Wildman–Crippen LogP) is 1.24. The van der Waals surface area contributed by atoms with Crippen molar-refractivity contribution >= 4 is 23.4 Å². The molecule has 0 aliphatic rings. The van der Waals surface area contributed by atoms with Gasteiger partial charge in [0, 0.05) is 10.6 Å². The van der Waals surface area contributed by atoms with Crippen LogP contribution in [0.15, 0.2) is 23.1 Å². The number of benzene rings is 1. The van der Waals surface area contributed by atoms with E-state index in [0.29, 0.717) is 11.4 Å². The Kier molecular flexibility index (Phi) is 3.85. The van der Waals surface area contributed by atoms with Crippen LogP contribution in [0.4, 0.5) is 5.69 Å².